The Labute approximate surface area is 152 Å². The molecule has 3 nitrogen and oxygen atoms in total. The van der Waals surface area contributed by atoms with Crippen molar-refractivity contribution in [2.24, 2.45) is 0 Å². The van der Waals surface area contributed by atoms with E-state index in [0.717, 1.165) is 19.6 Å². The van der Waals surface area contributed by atoms with Gasteiger partial charge in [0.25, 0.3) is 5.91 Å². The van der Waals surface area contributed by atoms with E-state index in [4.69, 9.17) is 23.2 Å². The first kappa shape index (κ1) is 17.3. The molecule has 1 aliphatic heterocycles. The van der Waals surface area contributed by atoms with Crippen LogP contribution >= 0.6 is 23.2 Å². The van der Waals surface area contributed by atoms with E-state index in [9.17, 15) is 4.79 Å². The van der Waals surface area contributed by atoms with Gasteiger partial charge in [-0.05, 0) is 30.7 Å². The van der Waals surface area contributed by atoms with E-state index in [1.165, 1.54) is 5.56 Å². The lowest BCUT2D eigenvalue weighted by atomic mass is 10.1. The number of amides is 1. The minimum atomic E-state index is 0.0143. The van der Waals surface area contributed by atoms with Crippen LogP contribution in [-0.4, -0.2) is 41.4 Å². The third-order valence-electron chi connectivity index (χ3n) is 4.39. The minimum Gasteiger partial charge on any atom is -0.333 e. The summed E-state index contributed by atoms with van der Waals surface area (Å²) in [6.07, 6.45) is 0. The Hall–Kier alpha value is -1.55. The highest BCUT2D eigenvalue weighted by molar-refractivity contribution is 6.42. The fourth-order valence-corrected chi connectivity index (χ4v) is 3.41. The number of hydrogen-bond acceptors (Lipinski definition) is 2. The van der Waals surface area contributed by atoms with Gasteiger partial charge in [-0.25, -0.2) is 0 Å². The van der Waals surface area contributed by atoms with Gasteiger partial charge in [0.15, 0.2) is 0 Å². The molecule has 0 aliphatic carbocycles. The van der Waals surface area contributed by atoms with Crippen molar-refractivity contribution < 1.29 is 4.79 Å². The Morgan fingerprint density at radius 1 is 1.08 bits per heavy atom. The molecule has 2 aromatic carbocycles. The largest absolute Gasteiger partial charge is 0.333 e. The van der Waals surface area contributed by atoms with Gasteiger partial charge in [-0.15, -0.1) is 0 Å². The third-order valence-corrected chi connectivity index (χ3v) is 5.13. The van der Waals surface area contributed by atoms with E-state index in [-0.39, 0.29) is 11.9 Å². The van der Waals surface area contributed by atoms with Crippen LogP contribution in [0.2, 0.25) is 10.0 Å². The van der Waals surface area contributed by atoms with Crippen molar-refractivity contribution >= 4 is 29.1 Å². The Morgan fingerprint density at radius 2 is 1.83 bits per heavy atom. The zero-order valence-electron chi connectivity index (χ0n) is 13.6. The first-order valence-corrected chi connectivity index (χ1v) is 8.82. The van der Waals surface area contributed by atoms with Crippen molar-refractivity contribution in [2.45, 2.75) is 19.5 Å². The highest BCUT2D eigenvalue weighted by atomic mass is 35.5. The maximum Gasteiger partial charge on any atom is 0.254 e. The SMILES string of the molecule is C[C@@H]1CN(Cc2ccccc2)CCN1C(=O)c1ccc(Cl)c(Cl)c1. The zero-order valence-corrected chi connectivity index (χ0v) is 15.1. The summed E-state index contributed by atoms with van der Waals surface area (Å²) in [6.45, 7) is 5.45. The van der Waals surface area contributed by atoms with E-state index in [1.54, 1.807) is 18.2 Å². The van der Waals surface area contributed by atoms with Gasteiger partial charge >= 0.3 is 0 Å². The molecule has 1 fully saturated rings. The van der Waals surface area contributed by atoms with Crippen LogP contribution in [0, 0.1) is 0 Å². The molecular formula is C19H20Cl2N2O. The zero-order chi connectivity index (χ0) is 17.1. The molecule has 24 heavy (non-hydrogen) atoms. The van der Waals surface area contributed by atoms with Crippen molar-refractivity contribution in [3.63, 3.8) is 0 Å². The Bertz CT molecular complexity index is 721. The summed E-state index contributed by atoms with van der Waals surface area (Å²) in [7, 11) is 0. The normalized spacial score (nSPS) is 18.6. The number of piperazine rings is 1. The molecule has 0 aromatic heterocycles. The van der Waals surface area contributed by atoms with Crippen molar-refractivity contribution in [3.8, 4) is 0 Å². The smallest absolute Gasteiger partial charge is 0.254 e. The minimum absolute atomic E-state index is 0.0143. The van der Waals surface area contributed by atoms with Gasteiger partial charge in [0.2, 0.25) is 0 Å². The first-order chi connectivity index (χ1) is 11.5. The van der Waals surface area contributed by atoms with Crippen LogP contribution in [0.25, 0.3) is 0 Å². The molecule has 0 unspecified atom stereocenters. The summed E-state index contributed by atoms with van der Waals surface area (Å²) < 4.78 is 0. The molecule has 1 atom stereocenters. The highest BCUT2D eigenvalue weighted by Gasteiger charge is 2.28. The van der Waals surface area contributed by atoms with Crippen molar-refractivity contribution in [1.82, 2.24) is 9.80 Å². The van der Waals surface area contributed by atoms with Gasteiger partial charge in [0, 0.05) is 37.8 Å². The summed E-state index contributed by atoms with van der Waals surface area (Å²) in [6, 6.07) is 15.6. The number of nitrogens with zero attached hydrogens (tertiary/aromatic N) is 2. The quantitative estimate of drug-likeness (QED) is 0.810. The number of rotatable bonds is 3. The van der Waals surface area contributed by atoms with Gasteiger partial charge in [0.1, 0.15) is 0 Å². The van der Waals surface area contributed by atoms with E-state index >= 15 is 0 Å². The van der Waals surface area contributed by atoms with Crippen LogP contribution in [0.3, 0.4) is 0 Å². The standard InChI is InChI=1S/C19H20Cl2N2O/c1-14-12-22(13-15-5-3-2-4-6-15)9-10-23(14)19(24)16-7-8-17(20)18(21)11-16/h2-8,11,14H,9-10,12-13H2,1H3/t14-/m1/s1. The molecule has 0 spiro atoms. The topological polar surface area (TPSA) is 23.6 Å². The predicted octanol–water partition coefficient (Wildman–Crippen LogP) is 4.34. The second kappa shape index (κ2) is 7.56. The van der Waals surface area contributed by atoms with Crippen LogP contribution in [0.15, 0.2) is 48.5 Å². The van der Waals surface area contributed by atoms with E-state index in [1.807, 2.05) is 11.0 Å². The maximum absolute atomic E-state index is 12.7. The molecule has 3 rings (SSSR count). The lowest BCUT2D eigenvalue weighted by Gasteiger charge is -2.40. The molecule has 1 saturated heterocycles. The molecular weight excluding hydrogens is 343 g/mol. The Kier molecular flexibility index (Phi) is 5.44. The van der Waals surface area contributed by atoms with E-state index in [2.05, 4.69) is 36.1 Å². The molecule has 2 aromatic rings. The summed E-state index contributed by atoms with van der Waals surface area (Å²) >= 11 is 12.0. The first-order valence-electron chi connectivity index (χ1n) is 8.07. The average molecular weight is 363 g/mol. The molecule has 1 aliphatic rings. The Balaban J connectivity index is 1.64. The molecule has 126 valence electrons. The monoisotopic (exact) mass is 362 g/mol. The second-order valence-corrected chi connectivity index (χ2v) is 7.01. The number of hydrogen-bond donors (Lipinski definition) is 0. The lowest BCUT2D eigenvalue weighted by molar-refractivity contribution is 0.0475. The average Bonchev–Trinajstić information content (AvgIpc) is 2.58. The highest BCUT2D eigenvalue weighted by Crippen LogP contribution is 2.24. The summed E-state index contributed by atoms with van der Waals surface area (Å²) in [4.78, 5) is 17.0. The van der Waals surface area contributed by atoms with Crippen molar-refractivity contribution in [1.29, 1.82) is 0 Å². The molecule has 0 radical (unpaired) electrons. The number of carbonyl (C=O) groups is 1. The van der Waals surface area contributed by atoms with Gasteiger partial charge in [-0.2, -0.15) is 0 Å². The molecule has 0 bridgehead atoms. The van der Waals surface area contributed by atoms with E-state index in [0.29, 0.717) is 22.2 Å². The van der Waals surface area contributed by atoms with E-state index < -0.39 is 0 Å². The fraction of sp³-hybridized carbons (Fsp3) is 0.316. The van der Waals surface area contributed by atoms with Gasteiger partial charge < -0.3 is 4.90 Å². The molecule has 0 saturated carbocycles. The molecule has 5 heteroatoms. The van der Waals surface area contributed by atoms with Gasteiger partial charge in [-0.1, -0.05) is 53.5 Å². The number of benzene rings is 2. The Morgan fingerprint density at radius 3 is 2.50 bits per heavy atom. The van der Waals surface area contributed by atoms with Crippen LogP contribution in [-0.2, 0) is 6.54 Å². The lowest BCUT2D eigenvalue weighted by Crippen LogP contribution is -2.53. The molecule has 1 amide bonds. The number of halogens is 2. The van der Waals surface area contributed by atoms with Crippen LogP contribution in [0.5, 0.6) is 0 Å². The van der Waals surface area contributed by atoms with Gasteiger partial charge in [0.05, 0.1) is 10.0 Å². The summed E-state index contributed by atoms with van der Waals surface area (Å²) in [5, 5.41) is 0.881. The number of carbonyl (C=O) groups excluding carboxylic acids is 1. The maximum atomic E-state index is 12.7. The van der Waals surface area contributed by atoms with Crippen LogP contribution in [0.1, 0.15) is 22.8 Å². The van der Waals surface area contributed by atoms with Crippen molar-refractivity contribution in [2.75, 3.05) is 19.6 Å². The summed E-state index contributed by atoms with van der Waals surface area (Å²) in [5.41, 5.74) is 1.89. The summed E-state index contributed by atoms with van der Waals surface area (Å²) in [5.74, 6) is 0.0143. The molecule has 1 heterocycles. The van der Waals surface area contributed by atoms with Crippen LogP contribution in [0.4, 0.5) is 0 Å². The van der Waals surface area contributed by atoms with Gasteiger partial charge in [-0.3, -0.25) is 9.69 Å². The fourth-order valence-electron chi connectivity index (χ4n) is 3.11. The second-order valence-electron chi connectivity index (χ2n) is 6.20. The predicted molar refractivity (Wildman–Crippen MR) is 98.7 cm³/mol. The van der Waals surface area contributed by atoms with Crippen molar-refractivity contribution in [3.05, 3.63) is 69.7 Å². The third kappa shape index (κ3) is 3.92. The van der Waals surface area contributed by atoms with Crippen LogP contribution < -0.4 is 0 Å². The molecule has 0 N–H and O–H groups in total.